The molecule has 3 aromatic rings. The second kappa shape index (κ2) is 5.52. The Kier molecular flexibility index (Phi) is 3.41. The Hall–Kier alpha value is -2.69. The van der Waals surface area contributed by atoms with Crippen LogP contribution >= 0.6 is 0 Å². The number of nitrogens with zero attached hydrogens (tertiary/aromatic N) is 2. The molecule has 5 nitrogen and oxygen atoms in total. The monoisotopic (exact) mass is 267 g/mol. The molecule has 1 N–H and O–H groups in total. The van der Waals surface area contributed by atoms with Crippen LogP contribution in [-0.4, -0.2) is 16.0 Å². The van der Waals surface area contributed by atoms with Crippen molar-refractivity contribution in [1.82, 2.24) is 15.5 Å². The maximum Gasteiger partial charge on any atom is 0.226 e. The first-order valence-corrected chi connectivity index (χ1v) is 6.33. The van der Waals surface area contributed by atoms with Gasteiger partial charge in [0.15, 0.2) is 5.58 Å². The number of para-hydroxylation sites is 1. The van der Waals surface area contributed by atoms with Gasteiger partial charge in [0.1, 0.15) is 5.69 Å². The van der Waals surface area contributed by atoms with Crippen molar-refractivity contribution in [3.05, 3.63) is 60.0 Å². The van der Waals surface area contributed by atoms with Crippen molar-refractivity contribution in [1.29, 1.82) is 0 Å². The number of benzene rings is 1. The highest BCUT2D eigenvalue weighted by Crippen LogP contribution is 2.17. The summed E-state index contributed by atoms with van der Waals surface area (Å²) in [5.41, 5.74) is 2.17. The third-order valence-electron chi connectivity index (χ3n) is 2.97. The molecule has 20 heavy (non-hydrogen) atoms. The van der Waals surface area contributed by atoms with Gasteiger partial charge < -0.3 is 9.84 Å². The summed E-state index contributed by atoms with van der Waals surface area (Å²) in [7, 11) is 0. The van der Waals surface area contributed by atoms with Gasteiger partial charge in [0, 0.05) is 11.6 Å². The van der Waals surface area contributed by atoms with E-state index in [1.54, 1.807) is 6.20 Å². The van der Waals surface area contributed by atoms with E-state index in [1.807, 2.05) is 42.5 Å². The Morgan fingerprint density at radius 1 is 1.15 bits per heavy atom. The second-order valence-corrected chi connectivity index (χ2v) is 4.40. The highest BCUT2D eigenvalue weighted by molar-refractivity contribution is 5.86. The topological polar surface area (TPSA) is 68.0 Å². The fourth-order valence-corrected chi connectivity index (χ4v) is 1.97. The molecule has 0 radical (unpaired) electrons. The number of carbonyl (C=O) groups excluding carboxylic acids is 1. The fourth-order valence-electron chi connectivity index (χ4n) is 1.97. The minimum Gasteiger partial charge on any atom is -0.356 e. The van der Waals surface area contributed by atoms with Gasteiger partial charge in [-0.05, 0) is 24.3 Å². The number of hydrogen-bond donors (Lipinski definition) is 1. The van der Waals surface area contributed by atoms with Crippen LogP contribution in [0.5, 0.6) is 0 Å². The summed E-state index contributed by atoms with van der Waals surface area (Å²) in [6.07, 6.45) is 1.90. The van der Waals surface area contributed by atoms with Crippen LogP contribution in [0.1, 0.15) is 11.4 Å². The van der Waals surface area contributed by atoms with Crippen molar-refractivity contribution >= 4 is 16.9 Å². The van der Waals surface area contributed by atoms with Gasteiger partial charge in [-0.25, -0.2) is 0 Å². The third kappa shape index (κ3) is 2.66. The number of hydrogen-bond acceptors (Lipinski definition) is 4. The van der Waals surface area contributed by atoms with Gasteiger partial charge in [0.05, 0.1) is 18.7 Å². The lowest BCUT2D eigenvalue weighted by molar-refractivity contribution is -0.120. The Bertz CT molecular complexity index is 722. The van der Waals surface area contributed by atoms with E-state index in [4.69, 9.17) is 4.52 Å². The number of amides is 1. The van der Waals surface area contributed by atoms with Gasteiger partial charge in [-0.3, -0.25) is 9.78 Å². The van der Waals surface area contributed by atoms with Crippen molar-refractivity contribution in [3.8, 4) is 0 Å². The van der Waals surface area contributed by atoms with Gasteiger partial charge >= 0.3 is 0 Å². The molecule has 0 bridgehead atoms. The van der Waals surface area contributed by atoms with Crippen LogP contribution in [0.15, 0.2) is 53.2 Å². The first-order valence-electron chi connectivity index (χ1n) is 6.33. The zero-order chi connectivity index (χ0) is 13.8. The van der Waals surface area contributed by atoms with Crippen LogP contribution in [0.3, 0.4) is 0 Å². The third-order valence-corrected chi connectivity index (χ3v) is 2.97. The fraction of sp³-hybridized carbons (Fsp3) is 0.133. The highest BCUT2D eigenvalue weighted by Gasteiger charge is 2.11. The van der Waals surface area contributed by atoms with Crippen molar-refractivity contribution < 1.29 is 9.32 Å². The Morgan fingerprint density at radius 2 is 2.00 bits per heavy atom. The molecule has 0 spiro atoms. The second-order valence-electron chi connectivity index (χ2n) is 4.40. The summed E-state index contributed by atoms with van der Waals surface area (Å²) < 4.78 is 5.17. The normalized spacial score (nSPS) is 10.6. The maximum absolute atomic E-state index is 11.9. The molecule has 2 heterocycles. The van der Waals surface area contributed by atoms with Gasteiger partial charge in [-0.2, -0.15) is 0 Å². The molecule has 3 rings (SSSR count). The quantitative estimate of drug-likeness (QED) is 0.785. The van der Waals surface area contributed by atoms with Crippen molar-refractivity contribution in [2.45, 2.75) is 13.0 Å². The average Bonchev–Trinajstić information content (AvgIpc) is 2.90. The van der Waals surface area contributed by atoms with Crippen molar-refractivity contribution in [2.24, 2.45) is 0 Å². The van der Waals surface area contributed by atoms with Crippen LogP contribution in [0, 0.1) is 0 Å². The maximum atomic E-state index is 11.9. The molecule has 1 amide bonds. The van der Waals surface area contributed by atoms with Crippen LogP contribution in [0.2, 0.25) is 0 Å². The van der Waals surface area contributed by atoms with Crippen LogP contribution in [0.25, 0.3) is 11.0 Å². The molecule has 1 aromatic carbocycles. The van der Waals surface area contributed by atoms with E-state index in [9.17, 15) is 4.79 Å². The number of carbonyl (C=O) groups is 1. The summed E-state index contributed by atoms with van der Waals surface area (Å²) in [6, 6.07) is 13.1. The summed E-state index contributed by atoms with van der Waals surface area (Å²) in [4.78, 5) is 16.1. The molecular weight excluding hydrogens is 254 g/mol. The number of fused-ring (bicyclic) bond motifs is 1. The van der Waals surface area contributed by atoms with Crippen LogP contribution in [0.4, 0.5) is 0 Å². The number of rotatable bonds is 4. The smallest absolute Gasteiger partial charge is 0.226 e. The van der Waals surface area contributed by atoms with E-state index < -0.39 is 0 Å². The van der Waals surface area contributed by atoms with E-state index >= 15 is 0 Å². The lowest BCUT2D eigenvalue weighted by atomic mass is 10.1. The van der Waals surface area contributed by atoms with Gasteiger partial charge in [0.2, 0.25) is 5.91 Å². The van der Waals surface area contributed by atoms with Gasteiger partial charge in [-0.1, -0.05) is 23.4 Å². The van der Waals surface area contributed by atoms with Gasteiger partial charge in [0.25, 0.3) is 0 Å². The lowest BCUT2D eigenvalue weighted by Crippen LogP contribution is -2.25. The predicted octanol–water partition coefficient (Wildman–Crippen LogP) is 2.08. The summed E-state index contributed by atoms with van der Waals surface area (Å²) in [5.74, 6) is -0.102. The first kappa shape index (κ1) is 12.3. The van der Waals surface area contributed by atoms with Crippen LogP contribution < -0.4 is 5.32 Å². The first-order chi connectivity index (χ1) is 9.83. The van der Waals surface area contributed by atoms with Crippen molar-refractivity contribution in [3.63, 3.8) is 0 Å². The number of aromatic nitrogens is 2. The molecule has 0 unspecified atom stereocenters. The Labute approximate surface area is 115 Å². The standard InChI is InChI=1S/C15H13N3O2/c19-15(17-10-11-5-3-4-8-16-11)9-13-12-6-1-2-7-14(12)20-18-13/h1-8H,9-10H2,(H,17,19). The minimum absolute atomic E-state index is 0.102. The SMILES string of the molecule is O=C(Cc1noc2ccccc12)NCc1ccccn1. The molecule has 0 aliphatic rings. The molecule has 100 valence electrons. The molecule has 0 aliphatic carbocycles. The number of pyridine rings is 1. The van der Waals surface area contributed by atoms with E-state index in [0.29, 0.717) is 17.8 Å². The molecular formula is C15H13N3O2. The van der Waals surface area contributed by atoms with Crippen LogP contribution in [-0.2, 0) is 17.8 Å². The summed E-state index contributed by atoms with van der Waals surface area (Å²) >= 11 is 0. The molecule has 0 saturated carbocycles. The summed E-state index contributed by atoms with van der Waals surface area (Å²) in [5, 5.41) is 7.63. The van der Waals surface area contributed by atoms with E-state index in [1.165, 1.54) is 0 Å². The minimum atomic E-state index is -0.102. The molecule has 0 saturated heterocycles. The summed E-state index contributed by atoms with van der Waals surface area (Å²) in [6.45, 7) is 0.412. The number of nitrogens with one attached hydrogen (secondary N) is 1. The van der Waals surface area contributed by atoms with E-state index in [2.05, 4.69) is 15.5 Å². The highest BCUT2D eigenvalue weighted by atomic mass is 16.5. The molecule has 0 atom stereocenters. The van der Waals surface area contributed by atoms with E-state index in [0.717, 1.165) is 11.1 Å². The van der Waals surface area contributed by atoms with Crippen molar-refractivity contribution in [2.75, 3.05) is 0 Å². The predicted molar refractivity (Wildman–Crippen MR) is 73.8 cm³/mol. The largest absolute Gasteiger partial charge is 0.356 e. The zero-order valence-electron chi connectivity index (χ0n) is 10.7. The molecule has 0 fully saturated rings. The Balaban J connectivity index is 1.64. The molecule has 5 heteroatoms. The van der Waals surface area contributed by atoms with E-state index in [-0.39, 0.29) is 12.3 Å². The Morgan fingerprint density at radius 3 is 2.85 bits per heavy atom. The zero-order valence-corrected chi connectivity index (χ0v) is 10.7. The average molecular weight is 267 g/mol. The van der Waals surface area contributed by atoms with Gasteiger partial charge in [-0.15, -0.1) is 0 Å². The molecule has 0 aliphatic heterocycles. The lowest BCUT2D eigenvalue weighted by Gasteiger charge is -2.03. The molecule has 2 aromatic heterocycles.